The van der Waals surface area contributed by atoms with Gasteiger partial charge in [0.2, 0.25) is 0 Å². The van der Waals surface area contributed by atoms with E-state index in [1.54, 1.807) is 0 Å². The van der Waals surface area contributed by atoms with Gasteiger partial charge in [-0.2, -0.15) is 0 Å². The van der Waals surface area contributed by atoms with Crippen molar-refractivity contribution in [2.75, 3.05) is 13.2 Å². The Labute approximate surface area is 85.5 Å². The van der Waals surface area contributed by atoms with E-state index in [4.69, 9.17) is 4.74 Å². The second kappa shape index (κ2) is 7.39. The first-order valence-corrected chi connectivity index (χ1v) is 5.19. The van der Waals surface area contributed by atoms with E-state index in [0.29, 0.717) is 0 Å². The van der Waals surface area contributed by atoms with Crippen molar-refractivity contribution in [2.24, 2.45) is 0 Å². The largest absolute Gasteiger partial charge is 0.494 e. The predicted molar refractivity (Wildman–Crippen MR) is 56.0 cm³/mol. The zero-order valence-corrected chi connectivity index (χ0v) is 8.45. The van der Waals surface area contributed by atoms with Gasteiger partial charge in [0.05, 0.1) is 13.2 Å². The minimum Gasteiger partial charge on any atom is -0.494 e. The van der Waals surface area contributed by atoms with Crippen LogP contribution in [0.5, 0.6) is 5.75 Å². The van der Waals surface area contributed by atoms with Crippen LogP contribution >= 0.6 is 0 Å². The van der Waals surface area contributed by atoms with Crippen LogP contribution in [0.1, 0.15) is 25.7 Å². The molecule has 1 aromatic carbocycles. The Morgan fingerprint density at radius 2 is 1.64 bits per heavy atom. The Bertz CT molecular complexity index is 221. The van der Waals surface area contributed by atoms with Crippen LogP contribution in [0.3, 0.4) is 0 Å². The number of unbranched alkanes of at least 4 members (excludes halogenated alkanes) is 3. The molecule has 1 aromatic rings. The molecule has 0 unspecified atom stereocenters. The molecule has 77 valence electrons. The van der Waals surface area contributed by atoms with Gasteiger partial charge in [-0.3, -0.25) is 0 Å². The lowest BCUT2D eigenvalue weighted by molar-refractivity contribution is 0.185. The second-order valence-corrected chi connectivity index (χ2v) is 3.28. The summed E-state index contributed by atoms with van der Waals surface area (Å²) in [6.07, 6.45) is 3.96. The number of hydrogen-bond donors (Lipinski definition) is 0. The predicted octanol–water partition coefficient (Wildman–Crippen LogP) is 3.06. The first kappa shape index (κ1) is 11.1. The van der Waals surface area contributed by atoms with E-state index in [0.717, 1.165) is 38.0 Å². The minimum atomic E-state index is 0.0551. The molecule has 0 aromatic heterocycles. The topological polar surface area (TPSA) is 29.1 Å². The summed E-state index contributed by atoms with van der Waals surface area (Å²) in [5, 5.41) is 10.2. The van der Waals surface area contributed by atoms with Crippen LogP contribution in [0.2, 0.25) is 0 Å². The van der Waals surface area contributed by atoms with E-state index in [-0.39, 0.29) is 6.61 Å². The van der Waals surface area contributed by atoms with E-state index < -0.39 is 0 Å². The van der Waals surface area contributed by atoms with Gasteiger partial charge in [-0.05, 0) is 31.4 Å². The highest BCUT2D eigenvalue weighted by atomic mass is 16.5. The first-order chi connectivity index (χ1) is 6.93. The Kier molecular flexibility index (Phi) is 5.84. The van der Waals surface area contributed by atoms with Gasteiger partial charge in [0.15, 0.2) is 0 Å². The third-order valence-corrected chi connectivity index (χ3v) is 2.05. The molecule has 0 aliphatic heterocycles. The summed E-state index contributed by atoms with van der Waals surface area (Å²) < 4.78 is 5.51. The molecule has 0 atom stereocenters. The van der Waals surface area contributed by atoms with Crippen LogP contribution in [0.25, 0.3) is 0 Å². The molecule has 0 aliphatic rings. The summed E-state index contributed by atoms with van der Waals surface area (Å²) in [5.74, 6) is 0.927. The molecule has 0 bridgehead atoms. The van der Waals surface area contributed by atoms with Crippen molar-refractivity contribution in [1.82, 2.24) is 0 Å². The van der Waals surface area contributed by atoms with Gasteiger partial charge < -0.3 is 4.74 Å². The third-order valence-electron chi connectivity index (χ3n) is 2.05. The number of ether oxygens (including phenoxy) is 1. The summed E-state index contributed by atoms with van der Waals surface area (Å²) in [4.78, 5) is 0. The standard InChI is InChI=1S/C12H17O2/c13-10-6-1-2-7-11-14-12-8-4-3-5-9-12/h3-5,8-9H,1-2,6-7,10-11H2. The zero-order valence-electron chi connectivity index (χ0n) is 8.45. The van der Waals surface area contributed by atoms with Crippen LogP contribution in [0.4, 0.5) is 0 Å². The molecule has 0 saturated carbocycles. The van der Waals surface area contributed by atoms with E-state index in [1.807, 2.05) is 30.3 Å². The number of benzene rings is 1. The van der Waals surface area contributed by atoms with Gasteiger partial charge in [-0.25, -0.2) is 5.11 Å². The normalized spacial score (nSPS) is 10.1. The third kappa shape index (κ3) is 4.87. The van der Waals surface area contributed by atoms with Gasteiger partial charge >= 0.3 is 0 Å². The fourth-order valence-corrected chi connectivity index (χ4v) is 1.26. The molecule has 0 spiro atoms. The maximum atomic E-state index is 10.2. The van der Waals surface area contributed by atoms with Gasteiger partial charge in [-0.1, -0.05) is 24.6 Å². The van der Waals surface area contributed by atoms with E-state index in [9.17, 15) is 5.11 Å². The van der Waals surface area contributed by atoms with Gasteiger partial charge in [0.1, 0.15) is 5.75 Å². The van der Waals surface area contributed by atoms with E-state index in [2.05, 4.69) is 0 Å². The number of hydrogen-bond acceptors (Lipinski definition) is 1. The maximum Gasteiger partial charge on any atom is 0.119 e. The molecule has 1 rings (SSSR count). The van der Waals surface area contributed by atoms with Crippen molar-refractivity contribution < 1.29 is 9.84 Å². The second-order valence-electron chi connectivity index (χ2n) is 3.28. The Balaban J connectivity index is 1.99. The van der Waals surface area contributed by atoms with Gasteiger partial charge in [-0.15, -0.1) is 0 Å². The summed E-state index contributed by atoms with van der Waals surface area (Å²) in [5.41, 5.74) is 0. The van der Waals surface area contributed by atoms with Crippen molar-refractivity contribution in [3.63, 3.8) is 0 Å². The SMILES string of the molecule is [O]CCCCCCOc1ccccc1. The quantitative estimate of drug-likeness (QED) is 0.612. The van der Waals surface area contributed by atoms with Crippen LogP contribution in [-0.2, 0) is 5.11 Å². The molecule has 0 fully saturated rings. The van der Waals surface area contributed by atoms with Gasteiger partial charge in [0, 0.05) is 0 Å². The molecule has 0 aliphatic carbocycles. The number of para-hydroxylation sites is 1. The fourth-order valence-electron chi connectivity index (χ4n) is 1.26. The Hall–Kier alpha value is -1.02. The highest BCUT2D eigenvalue weighted by Gasteiger charge is 1.92. The van der Waals surface area contributed by atoms with Crippen molar-refractivity contribution in [3.05, 3.63) is 30.3 Å². The smallest absolute Gasteiger partial charge is 0.119 e. The lowest BCUT2D eigenvalue weighted by Gasteiger charge is -2.04. The lowest BCUT2D eigenvalue weighted by atomic mass is 10.2. The van der Waals surface area contributed by atoms with Crippen LogP contribution in [-0.4, -0.2) is 13.2 Å². The fraction of sp³-hybridized carbons (Fsp3) is 0.500. The van der Waals surface area contributed by atoms with Crippen LogP contribution < -0.4 is 4.74 Å². The summed E-state index contributed by atoms with van der Waals surface area (Å²) in [6, 6.07) is 9.82. The van der Waals surface area contributed by atoms with Crippen molar-refractivity contribution in [1.29, 1.82) is 0 Å². The molecule has 1 radical (unpaired) electrons. The summed E-state index contributed by atoms with van der Waals surface area (Å²) in [7, 11) is 0. The van der Waals surface area contributed by atoms with Crippen LogP contribution in [0.15, 0.2) is 30.3 Å². The molecule has 0 amide bonds. The molecule has 2 heteroatoms. The first-order valence-electron chi connectivity index (χ1n) is 5.19. The van der Waals surface area contributed by atoms with Crippen molar-refractivity contribution in [3.8, 4) is 5.75 Å². The van der Waals surface area contributed by atoms with E-state index >= 15 is 0 Å². The Morgan fingerprint density at radius 3 is 2.36 bits per heavy atom. The van der Waals surface area contributed by atoms with Crippen LogP contribution in [0, 0.1) is 0 Å². The average molecular weight is 193 g/mol. The molecule has 0 saturated heterocycles. The summed E-state index contributed by atoms with van der Waals surface area (Å²) >= 11 is 0. The summed E-state index contributed by atoms with van der Waals surface area (Å²) in [6.45, 7) is 0.808. The molecule has 0 heterocycles. The van der Waals surface area contributed by atoms with Gasteiger partial charge in [0.25, 0.3) is 0 Å². The monoisotopic (exact) mass is 193 g/mol. The minimum absolute atomic E-state index is 0.0551. The molecule has 2 nitrogen and oxygen atoms in total. The maximum absolute atomic E-state index is 10.2. The number of rotatable bonds is 7. The van der Waals surface area contributed by atoms with E-state index in [1.165, 1.54) is 0 Å². The molecule has 14 heavy (non-hydrogen) atoms. The average Bonchev–Trinajstić information content (AvgIpc) is 2.25. The highest BCUT2D eigenvalue weighted by Crippen LogP contribution is 2.09. The zero-order chi connectivity index (χ0) is 10.1. The molecule has 0 N–H and O–H groups in total. The molecular formula is C12H17O2. The Morgan fingerprint density at radius 1 is 0.929 bits per heavy atom. The molecular weight excluding hydrogens is 176 g/mol. The lowest BCUT2D eigenvalue weighted by Crippen LogP contribution is -1.97. The van der Waals surface area contributed by atoms with Crippen molar-refractivity contribution in [2.45, 2.75) is 25.7 Å². The highest BCUT2D eigenvalue weighted by molar-refractivity contribution is 5.20. The van der Waals surface area contributed by atoms with Crippen molar-refractivity contribution >= 4 is 0 Å².